The van der Waals surface area contributed by atoms with E-state index in [2.05, 4.69) is 0 Å². The van der Waals surface area contributed by atoms with Crippen molar-refractivity contribution >= 4 is 0 Å². The van der Waals surface area contributed by atoms with E-state index in [9.17, 15) is 0 Å². The van der Waals surface area contributed by atoms with Gasteiger partial charge in [0.15, 0.2) is 0 Å². The van der Waals surface area contributed by atoms with Crippen molar-refractivity contribution in [1.29, 1.82) is 0 Å². The Hall–Kier alpha value is -0.840. The molecule has 1 aromatic heterocycles. The minimum Gasteiger partial charge on any atom is -0.465 e. The Kier molecular flexibility index (Phi) is 4.59. The molecule has 0 aromatic carbocycles. The third kappa shape index (κ3) is 3.56. The highest BCUT2D eigenvalue weighted by Crippen LogP contribution is 2.17. The molecule has 1 fully saturated rings. The zero-order valence-corrected chi connectivity index (χ0v) is 10.4. The number of nitrogens with two attached hydrogens (primary N) is 1. The highest BCUT2D eigenvalue weighted by atomic mass is 16.5. The quantitative estimate of drug-likeness (QED) is 0.855. The van der Waals surface area contributed by atoms with Crippen molar-refractivity contribution in [2.75, 3.05) is 13.2 Å². The van der Waals surface area contributed by atoms with E-state index < -0.39 is 0 Å². The highest BCUT2D eigenvalue weighted by molar-refractivity contribution is 5.19. The molecule has 1 atom stereocenters. The fourth-order valence-corrected chi connectivity index (χ4v) is 2.07. The van der Waals surface area contributed by atoms with Gasteiger partial charge in [0.25, 0.3) is 0 Å². The van der Waals surface area contributed by atoms with Gasteiger partial charge in [0.2, 0.25) is 0 Å². The highest BCUT2D eigenvalue weighted by Gasteiger charge is 2.14. The van der Waals surface area contributed by atoms with E-state index in [0.717, 1.165) is 30.1 Å². The zero-order valence-electron chi connectivity index (χ0n) is 10.4. The van der Waals surface area contributed by atoms with Crippen molar-refractivity contribution < 1.29 is 13.9 Å². The van der Waals surface area contributed by atoms with Gasteiger partial charge in [-0.05, 0) is 32.3 Å². The second-order valence-corrected chi connectivity index (χ2v) is 4.50. The lowest BCUT2D eigenvalue weighted by molar-refractivity contribution is -0.0449. The molecule has 2 N–H and O–H groups in total. The van der Waals surface area contributed by atoms with Crippen LogP contribution in [0.25, 0.3) is 0 Å². The first-order valence-corrected chi connectivity index (χ1v) is 6.27. The first kappa shape index (κ1) is 12.6. The van der Waals surface area contributed by atoms with Crippen LogP contribution in [0, 0.1) is 6.92 Å². The molecule has 1 saturated heterocycles. The molecular formula is C13H21NO3. The van der Waals surface area contributed by atoms with Crippen molar-refractivity contribution in [3.63, 3.8) is 0 Å². The third-order valence-electron chi connectivity index (χ3n) is 3.11. The van der Waals surface area contributed by atoms with Crippen LogP contribution in [0.15, 0.2) is 10.5 Å². The molecule has 0 bridgehead atoms. The van der Waals surface area contributed by atoms with Gasteiger partial charge in [-0.1, -0.05) is 0 Å². The van der Waals surface area contributed by atoms with E-state index in [4.69, 9.17) is 19.6 Å². The van der Waals surface area contributed by atoms with Crippen molar-refractivity contribution in [3.8, 4) is 0 Å². The predicted octanol–water partition coefficient (Wildman–Crippen LogP) is 2.13. The van der Waals surface area contributed by atoms with Gasteiger partial charge in [0.1, 0.15) is 11.5 Å². The van der Waals surface area contributed by atoms with Gasteiger partial charge < -0.3 is 19.6 Å². The van der Waals surface area contributed by atoms with E-state index in [1.165, 1.54) is 12.8 Å². The van der Waals surface area contributed by atoms with E-state index >= 15 is 0 Å². The van der Waals surface area contributed by atoms with Crippen LogP contribution in [-0.2, 0) is 22.6 Å². The minimum absolute atomic E-state index is 0.268. The Bertz CT molecular complexity index is 342. The normalized spacial score (nSPS) is 20.7. The fraction of sp³-hybridized carbons (Fsp3) is 0.692. The van der Waals surface area contributed by atoms with Crippen molar-refractivity contribution in [3.05, 3.63) is 23.2 Å². The van der Waals surface area contributed by atoms with Gasteiger partial charge >= 0.3 is 0 Å². The third-order valence-corrected chi connectivity index (χ3v) is 3.11. The smallest absolute Gasteiger partial charge is 0.118 e. The molecule has 96 valence electrons. The Morgan fingerprint density at radius 2 is 2.35 bits per heavy atom. The maximum absolute atomic E-state index is 5.67. The summed E-state index contributed by atoms with van der Waals surface area (Å²) in [5, 5.41) is 0. The van der Waals surface area contributed by atoms with Gasteiger partial charge in [-0.15, -0.1) is 0 Å². The average molecular weight is 239 g/mol. The molecule has 1 unspecified atom stereocenters. The lowest BCUT2D eigenvalue weighted by Gasteiger charge is -2.22. The van der Waals surface area contributed by atoms with E-state index in [-0.39, 0.29) is 6.10 Å². The molecule has 4 heteroatoms. The summed E-state index contributed by atoms with van der Waals surface area (Å²) in [6.45, 7) is 4.50. The Labute approximate surface area is 102 Å². The molecule has 2 rings (SSSR count). The first-order valence-electron chi connectivity index (χ1n) is 6.27. The van der Waals surface area contributed by atoms with Crippen LogP contribution < -0.4 is 5.73 Å². The number of ether oxygens (including phenoxy) is 2. The summed E-state index contributed by atoms with van der Waals surface area (Å²) < 4.78 is 16.7. The summed E-state index contributed by atoms with van der Waals surface area (Å²) in [6.07, 6.45) is 3.80. The van der Waals surface area contributed by atoms with Crippen molar-refractivity contribution in [2.24, 2.45) is 5.73 Å². The van der Waals surface area contributed by atoms with Gasteiger partial charge in [-0.25, -0.2) is 0 Å². The molecule has 0 saturated carbocycles. The predicted molar refractivity (Wildman–Crippen MR) is 64.6 cm³/mol. The topological polar surface area (TPSA) is 57.6 Å². The van der Waals surface area contributed by atoms with Crippen LogP contribution in [0.3, 0.4) is 0 Å². The van der Waals surface area contributed by atoms with E-state index in [1.807, 2.05) is 13.0 Å². The molecule has 1 aliphatic heterocycles. The van der Waals surface area contributed by atoms with Crippen molar-refractivity contribution in [1.82, 2.24) is 0 Å². The number of rotatable bonds is 5. The van der Waals surface area contributed by atoms with Crippen LogP contribution in [-0.4, -0.2) is 19.3 Å². The Balaban J connectivity index is 1.75. The monoisotopic (exact) mass is 239 g/mol. The number of hydrogen-bond donors (Lipinski definition) is 1. The summed E-state index contributed by atoms with van der Waals surface area (Å²) in [4.78, 5) is 0. The van der Waals surface area contributed by atoms with Gasteiger partial charge in [-0.3, -0.25) is 0 Å². The molecule has 17 heavy (non-hydrogen) atoms. The molecule has 4 nitrogen and oxygen atoms in total. The summed E-state index contributed by atoms with van der Waals surface area (Å²) >= 11 is 0. The summed E-state index contributed by atoms with van der Waals surface area (Å²) in [7, 11) is 0. The summed E-state index contributed by atoms with van der Waals surface area (Å²) in [5.74, 6) is 1.71. The minimum atomic E-state index is 0.268. The number of hydrogen-bond acceptors (Lipinski definition) is 4. The fourth-order valence-electron chi connectivity index (χ4n) is 2.07. The first-order chi connectivity index (χ1) is 8.29. The van der Waals surface area contributed by atoms with Crippen LogP contribution in [0.1, 0.15) is 36.3 Å². The molecular weight excluding hydrogens is 218 g/mol. The molecule has 0 radical (unpaired) electrons. The molecule has 1 aromatic rings. The van der Waals surface area contributed by atoms with Gasteiger partial charge in [0, 0.05) is 12.2 Å². The maximum atomic E-state index is 5.67. The second kappa shape index (κ2) is 6.19. The van der Waals surface area contributed by atoms with E-state index in [1.54, 1.807) is 0 Å². The lowest BCUT2D eigenvalue weighted by Crippen LogP contribution is -2.24. The molecule has 0 amide bonds. The number of aryl methyl sites for hydroxylation is 1. The zero-order chi connectivity index (χ0) is 12.1. The summed E-state index contributed by atoms with van der Waals surface area (Å²) in [6, 6.07) is 1.97. The van der Waals surface area contributed by atoms with Crippen LogP contribution in [0.2, 0.25) is 0 Å². The standard InChI is InChI=1S/C13H21NO3/c1-10-11(6-13(7-14)17-10)8-15-9-12-4-2-3-5-16-12/h6,12H,2-5,7-9,14H2,1H3. The van der Waals surface area contributed by atoms with Gasteiger partial charge in [0.05, 0.1) is 25.9 Å². The van der Waals surface area contributed by atoms with Gasteiger partial charge in [-0.2, -0.15) is 0 Å². The van der Waals surface area contributed by atoms with Crippen LogP contribution in [0.4, 0.5) is 0 Å². The maximum Gasteiger partial charge on any atom is 0.118 e. The molecule has 2 heterocycles. The Morgan fingerprint density at radius 1 is 1.47 bits per heavy atom. The second-order valence-electron chi connectivity index (χ2n) is 4.50. The largest absolute Gasteiger partial charge is 0.465 e. The van der Waals surface area contributed by atoms with Crippen LogP contribution >= 0.6 is 0 Å². The lowest BCUT2D eigenvalue weighted by atomic mass is 10.1. The summed E-state index contributed by atoms with van der Waals surface area (Å²) in [5.41, 5.74) is 6.61. The molecule has 0 aliphatic carbocycles. The van der Waals surface area contributed by atoms with E-state index in [0.29, 0.717) is 19.8 Å². The van der Waals surface area contributed by atoms with Crippen LogP contribution in [0.5, 0.6) is 0 Å². The SMILES string of the molecule is Cc1oc(CN)cc1COCC1CCCCO1. The van der Waals surface area contributed by atoms with Crippen molar-refractivity contribution in [2.45, 2.75) is 45.4 Å². The molecule has 1 aliphatic rings. The Morgan fingerprint density at radius 3 is 3.00 bits per heavy atom. The number of furan rings is 1. The molecule has 0 spiro atoms. The average Bonchev–Trinajstić information content (AvgIpc) is 2.72.